The van der Waals surface area contributed by atoms with Crippen molar-refractivity contribution in [1.82, 2.24) is 0 Å². The third-order valence-electron chi connectivity index (χ3n) is 5.45. The zero-order valence-electron chi connectivity index (χ0n) is 18.8. The predicted octanol–water partition coefficient (Wildman–Crippen LogP) is 5.91. The first-order valence-corrected chi connectivity index (χ1v) is 11.2. The van der Waals surface area contributed by atoms with E-state index in [1.807, 2.05) is 44.2 Å². The number of carbonyl (C=O) groups excluding carboxylic acids is 2. The molecule has 6 nitrogen and oxygen atoms in total. The number of nitrogens with two attached hydrogens (primary N) is 1. The fourth-order valence-electron chi connectivity index (χ4n) is 3.95. The fraction of sp³-hybridized carbons (Fsp3) is 0.154. The number of carbonyl (C=O) groups is 2. The summed E-state index contributed by atoms with van der Waals surface area (Å²) in [6, 6.07) is 17.8. The van der Waals surface area contributed by atoms with Gasteiger partial charge in [-0.25, -0.2) is 4.79 Å². The second-order valence-electron chi connectivity index (χ2n) is 8.48. The number of amides is 1. The van der Waals surface area contributed by atoms with E-state index in [1.54, 1.807) is 30.3 Å². The molecule has 0 spiro atoms. The fourth-order valence-corrected chi connectivity index (χ4v) is 4.93. The highest BCUT2D eigenvalue weighted by Crippen LogP contribution is 2.40. The van der Waals surface area contributed by atoms with Gasteiger partial charge in [0, 0.05) is 32.4 Å². The monoisotopic (exact) mass is 495 g/mol. The SMILES string of the molecule is COC(=O)c1ccc2c(c1)NC(=O)C2=C(Nc1cc(Cl)c(C(C)(C)N)c(Cl)c1)c1ccccc1. The number of benzene rings is 3. The van der Waals surface area contributed by atoms with Crippen molar-refractivity contribution in [2.24, 2.45) is 5.73 Å². The van der Waals surface area contributed by atoms with Crippen LogP contribution in [0.15, 0.2) is 60.7 Å². The lowest BCUT2D eigenvalue weighted by atomic mass is 9.95. The molecule has 1 aliphatic heterocycles. The molecule has 4 N–H and O–H groups in total. The van der Waals surface area contributed by atoms with E-state index < -0.39 is 11.5 Å². The molecule has 0 saturated heterocycles. The third-order valence-corrected chi connectivity index (χ3v) is 6.05. The van der Waals surface area contributed by atoms with E-state index in [4.69, 9.17) is 33.7 Å². The molecule has 3 aromatic rings. The van der Waals surface area contributed by atoms with E-state index in [9.17, 15) is 9.59 Å². The Bertz CT molecular complexity index is 1310. The lowest BCUT2D eigenvalue weighted by Crippen LogP contribution is -2.29. The zero-order chi connectivity index (χ0) is 24.6. The number of anilines is 2. The second kappa shape index (κ2) is 9.14. The maximum atomic E-state index is 13.1. The van der Waals surface area contributed by atoms with E-state index in [2.05, 4.69) is 10.6 Å². The molecule has 0 saturated carbocycles. The van der Waals surface area contributed by atoms with Crippen LogP contribution in [0.4, 0.5) is 11.4 Å². The molecule has 3 aromatic carbocycles. The predicted molar refractivity (Wildman–Crippen MR) is 137 cm³/mol. The highest BCUT2D eigenvalue weighted by Gasteiger charge is 2.30. The van der Waals surface area contributed by atoms with Gasteiger partial charge in [-0.1, -0.05) is 59.6 Å². The lowest BCUT2D eigenvalue weighted by Gasteiger charge is -2.23. The normalized spacial score (nSPS) is 14.4. The average Bonchev–Trinajstić information content (AvgIpc) is 3.10. The maximum Gasteiger partial charge on any atom is 0.337 e. The van der Waals surface area contributed by atoms with Crippen LogP contribution in [0.3, 0.4) is 0 Å². The number of nitrogens with one attached hydrogen (secondary N) is 2. The van der Waals surface area contributed by atoms with E-state index >= 15 is 0 Å². The maximum absolute atomic E-state index is 13.1. The molecule has 1 amide bonds. The van der Waals surface area contributed by atoms with Gasteiger partial charge in [-0.2, -0.15) is 0 Å². The first kappa shape index (κ1) is 23.8. The summed E-state index contributed by atoms with van der Waals surface area (Å²) in [7, 11) is 1.31. The molecule has 0 atom stereocenters. The number of esters is 1. The minimum atomic E-state index is -0.727. The van der Waals surface area contributed by atoms with Crippen LogP contribution in [0.5, 0.6) is 0 Å². The van der Waals surface area contributed by atoms with Crippen LogP contribution in [0.25, 0.3) is 11.3 Å². The summed E-state index contributed by atoms with van der Waals surface area (Å²) >= 11 is 13.1. The Hall–Kier alpha value is -3.32. The van der Waals surface area contributed by atoms with Crippen molar-refractivity contribution in [2.75, 3.05) is 17.7 Å². The molecule has 34 heavy (non-hydrogen) atoms. The molecule has 1 aliphatic rings. The average molecular weight is 496 g/mol. The Morgan fingerprint density at radius 3 is 2.24 bits per heavy atom. The van der Waals surface area contributed by atoms with Crippen LogP contribution < -0.4 is 16.4 Å². The van der Waals surface area contributed by atoms with Gasteiger partial charge in [-0.15, -0.1) is 0 Å². The molecule has 0 bridgehead atoms. The van der Waals surface area contributed by atoms with Crippen LogP contribution in [-0.4, -0.2) is 19.0 Å². The van der Waals surface area contributed by atoms with Gasteiger partial charge in [0.05, 0.1) is 29.6 Å². The molecule has 8 heteroatoms. The van der Waals surface area contributed by atoms with Crippen LogP contribution in [-0.2, 0) is 15.1 Å². The number of fused-ring (bicyclic) bond motifs is 1. The summed E-state index contributed by atoms with van der Waals surface area (Å²) in [5.41, 5.74) is 10.0. The molecule has 4 rings (SSSR count). The van der Waals surface area contributed by atoms with E-state index in [1.165, 1.54) is 7.11 Å². The van der Waals surface area contributed by atoms with Crippen molar-refractivity contribution < 1.29 is 14.3 Å². The number of methoxy groups -OCH3 is 1. The minimum absolute atomic E-state index is 0.305. The molecule has 0 aliphatic carbocycles. The van der Waals surface area contributed by atoms with Crippen LogP contribution in [0.2, 0.25) is 10.0 Å². The van der Waals surface area contributed by atoms with Gasteiger partial charge >= 0.3 is 5.97 Å². The number of rotatable bonds is 5. The standard InChI is InChI=1S/C26H23Cl2N3O3/c1-26(2,29)22-18(27)12-16(13-19(22)28)30-23(14-7-5-4-6-8-14)21-17-10-9-15(25(33)34-3)11-20(17)31-24(21)32/h4-13,30H,29H2,1-3H3,(H,31,32). The minimum Gasteiger partial charge on any atom is -0.465 e. The Morgan fingerprint density at radius 1 is 1.00 bits per heavy atom. The largest absolute Gasteiger partial charge is 0.465 e. The Morgan fingerprint density at radius 2 is 1.65 bits per heavy atom. The zero-order valence-corrected chi connectivity index (χ0v) is 20.3. The third kappa shape index (κ3) is 4.53. The summed E-state index contributed by atoms with van der Waals surface area (Å²) in [5.74, 6) is -0.789. The van der Waals surface area contributed by atoms with Gasteiger partial charge < -0.3 is 21.1 Å². The topological polar surface area (TPSA) is 93.4 Å². The van der Waals surface area contributed by atoms with Gasteiger partial charge in [0.1, 0.15) is 0 Å². The van der Waals surface area contributed by atoms with Gasteiger partial charge in [0.15, 0.2) is 0 Å². The van der Waals surface area contributed by atoms with Crippen molar-refractivity contribution >= 4 is 57.7 Å². The Labute approximate surface area is 207 Å². The molecular weight excluding hydrogens is 473 g/mol. The molecule has 1 heterocycles. The Kier molecular flexibility index (Phi) is 6.41. The van der Waals surface area contributed by atoms with Gasteiger partial charge in [0.2, 0.25) is 0 Å². The number of ether oxygens (including phenoxy) is 1. The van der Waals surface area contributed by atoms with Crippen LogP contribution >= 0.6 is 23.2 Å². The van der Waals surface area contributed by atoms with E-state index in [0.29, 0.717) is 49.4 Å². The highest BCUT2D eigenvalue weighted by molar-refractivity contribution is 6.38. The van der Waals surface area contributed by atoms with Crippen molar-refractivity contribution in [3.63, 3.8) is 0 Å². The van der Waals surface area contributed by atoms with Crippen molar-refractivity contribution in [2.45, 2.75) is 19.4 Å². The first-order valence-electron chi connectivity index (χ1n) is 10.5. The summed E-state index contributed by atoms with van der Waals surface area (Å²) in [6.45, 7) is 3.65. The van der Waals surface area contributed by atoms with Crippen LogP contribution in [0.1, 0.15) is 40.9 Å². The van der Waals surface area contributed by atoms with Crippen molar-refractivity contribution in [3.05, 3.63) is 93.0 Å². The molecule has 0 radical (unpaired) electrons. The molecule has 174 valence electrons. The molecular formula is C26H23Cl2N3O3. The second-order valence-corrected chi connectivity index (χ2v) is 9.30. The number of hydrogen-bond donors (Lipinski definition) is 3. The highest BCUT2D eigenvalue weighted by atomic mass is 35.5. The van der Waals surface area contributed by atoms with Gasteiger partial charge in [-0.05, 0) is 43.7 Å². The first-order chi connectivity index (χ1) is 16.1. The lowest BCUT2D eigenvalue weighted by molar-refractivity contribution is -0.110. The summed E-state index contributed by atoms with van der Waals surface area (Å²) in [6.07, 6.45) is 0. The van der Waals surface area contributed by atoms with Crippen molar-refractivity contribution in [1.29, 1.82) is 0 Å². The quantitative estimate of drug-likeness (QED) is 0.302. The van der Waals surface area contributed by atoms with Gasteiger partial charge in [0.25, 0.3) is 5.91 Å². The number of hydrogen-bond acceptors (Lipinski definition) is 5. The van der Waals surface area contributed by atoms with Crippen molar-refractivity contribution in [3.8, 4) is 0 Å². The smallest absolute Gasteiger partial charge is 0.337 e. The molecule has 0 aromatic heterocycles. The van der Waals surface area contributed by atoms with Gasteiger partial charge in [-0.3, -0.25) is 4.79 Å². The molecule has 0 unspecified atom stereocenters. The van der Waals surface area contributed by atoms with E-state index in [-0.39, 0.29) is 5.91 Å². The summed E-state index contributed by atoms with van der Waals surface area (Å²) in [4.78, 5) is 25.1. The Balaban J connectivity index is 1.87. The summed E-state index contributed by atoms with van der Waals surface area (Å²) in [5, 5.41) is 7.01. The number of halogens is 2. The van der Waals surface area contributed by atoms with E-state index in [0.717, 1.165) is 5.56 Å². The summed E-state index contributed by atoms with van der Waals surface area (Å²) < 4.78 is 4.79. The molecule has 0 fully saturated rings. The van der Waals surface area contributed by atoms with Crippen LogP contribution in [0, 0.1) is 0 Å².